The third kappa shape index (κ3) is 3.20. The van der Waals surface area contributed by atoms with E-state index in [0.29, 0.717) is 0 Å². The van der Waals surface area contributed by atoms with Gasteiger partial charge in [0.25, 0.3) is 0 Å². The van der Waals surface area contributed by atoms with E-state index < -0.39 is 0 Å². The van der Waals surface area contributed by atoms with Gasteiger partial charge >= 0.3 is 5.30 Å². The molecule has 0 unspecified atom stereocenters. The molecule has 0 radical (unpaired) electrons. The van der Waals surface area contributed by atoms with Gasteiger partial charge in [-0.3, -0.25) is 0 Å². The fourth-order valence-corrected chi connectivity index (χ4v) is 4.47. The Balaban J connectivity index is 1.38. The molecule has 24 heavy (non-hydrogen) atoms. The SMILES string of the molecule is C[C@H]1[C@H]2CCc3nnn(SC(=O)OCc4ccccc4)c3CC[C@@H]12. The van der Waals surface area contributed by atoms with Gasteiger partial charge < -0.3 is 4.74 Å². The molecule has 0 saturated heterocycles. The standard InChI is InChI=1S/C18H21N3O2S/c1-12-14-7-9-16-17(10-8-15(12)14)21(20-19-16)24-18(22)23-11-13-5-3-2-4-6-13/h2-6,12,14-15H,7-11H2,1H3/t12-,14+,15-/m0/s1. The van der Waals surface area contributed by atoms with E-state index in [4.69, 9.17) is 4.74 Å². The second-order valence-corrected chi connectivity index (χ2v) is 7.60. The van der Waals surface area contributed by atoms with Crippen LogP contribution in [0.2, 0.25) is 0 Å². The lowest BCUT2D eigenvalue weighted by Gasteiger charge is -2.09. The Morgan fingerprint density at radius 2 is 2.00 bits per heavy atom. The molecule has 0 bridgehead atoms. The summed E-state index contributed by atoms with van der Waals surface area (Å²) in [5.74, 6) is 2.56. The van der Waals surface area contributed by atoms with Crippen molar-refractivity contribution in [1.82, 2.24) is 14.4 Å². The molecule has 2 aliphatic rings. The number of fused-ring (bicyclic) bond motifs is 2. The van der Waals surface area contributed by atoms with Crippen molar-refractivity contribution in [3.63, 3.8) is 0 Å². The van der Waals surface area contributed by atoms with Crippen LogP contribution in [0, 0.1) is 17.8 Å². The largest absolute Gasteiger partial charge is 0.451 e. The summed E-state index contributed by atoms with van der Waals surface area (Å²) in [6, 6.07) is 9.69. The molecule has 126 valence electrons. The van der Waals surface area contributed by atoms with Crippen molar-refractivity contribution in [1.29, 1.82) is 0 Å². The van der Waals surface area contributed by atoms with Crippen molar-refractivity contribution in [2.24, 2.45) is 17.8 Å². The Morgan fingerprint density at radius 1 is 1.25 bits per heavy atom. The fraction of sp³-hybridized carbons (Fsp3) is 0.500. The average molecular weight is 343 g/mol. The van der Waals surface area contributed by atoms with Crippen molar-refractivity contribution in [2.45, 2.75) is 39.2 Å². The molecule has 5 nitrogen and oxygen atoms in total. The Labute approximate surface area is 145 Å². The molecule has 0 N–H and O–H groups in total. The normalized spacial score (nSPS) is 25.1. The van der Waals surface area contributed by atoms with Gasteiger partial charge in [-0.25, -0.2) is 4.79 Å². The predicted molar refractivity (Wildman–Crippen MR) is 92.4 cm³/mol. The zero-order valence-corrected chi connectivity index (χ0v) is 14.5. The van der Waals surface area contributed by atoms with Crippen LogP contribution in [0.1, 0.15) is 36.7 Å². The van der Waals surface area contributed by atoms with Gasteiger partial charge in [0.1, 0.15) is 6.61 Å². The highest BCUT2D eigenvalue weighted by atomic mass is 32.2. The first kappa shape index (κ1) is 15.7. The fourth-order valence-electron chi connectivity index (χ4n) is 3.84. The number of aryl methyl sites for hydroxylation is 1. The molecule has 0 aliphatic heterocycles. The summed E-state index contributed by atoms with van der Waals surface area (Å²) in [4.78, 5) is 12.1. The lowest BCUT2D eigenvalue weighted by Crippen LogP contribution is -2.08. The number of aromatic nitrogens is 3. The van der Waals surface area contributed by atoms with Crippen LogP contribution in [-0.2, 0) is 24.2 Å². The van der Waals surface area contributed by atoms with E-state index in [0.717, 1.165) is 59.5 Å². The minimum absolute atomic E-state index is 0.283. The van der Waals surface area contributed by atoms with Gasteiger partial charge in [-0.1, -0.05) is 42.5 Å². The van der Waals surface area contributed by atoms with Crippen LogP contribution in [0.5, 0.6) is 0 Å². The van der Waals surface area contributed by atoms with Gasteiger partial charge in [0, 0.05) is 0 Å². The van der Waals surface area contributed by atoms with Crippen LogP contribution in [0.4, 0.5) is 4.79 Å². The Kier molecular flexibility index (Phi) is 4.31. The van der Waals surface area contributed by atoms with Gasteiger partial charge in [0.05, 0.1) is 23.3 Å². The van der Waals surface area contributed by atoms with Gasteiger partial charge in [-0.15, -0.1) is 5.10 Å². The quantitative estimate of drug-likeness (QED) is 0.792. The number of ether oxygens (including phenoxy) is 1. The highest BCUT2D eigenvalue weighted by Gasteiger charge is 2.46. The molecule has 3 atom stereocenters. The highest BCUT2D eigenvalue weighted by molar-refractivity contribution is 8.11. The maximum absolute atomic E-state index is 12.1. The van der Waals surface area contributed by atoms with Crippen LogP contribution in [0.15, 0.2) is 30.3 Å². The first-order valence-electron chi connectivity index (χ1n) is 8.55. The van der Waals surface area contributed by atoms with E-state index in [9.17, 15) is 4.79 Å². The molecule has 0 amide bonds. The van der Waals surface area contributed by atoms with E-state index in [2.05, 4.69) is 17.2 Å². The molecule has 2 aromatic rings. The van der Waals surface area contributed by atoms with Gasteiger partial charge in [0.15, 0.2) is 0 Å². The lowest BCUT2D eigenvalue weighted by atomic mass is 10.0. The van der Waals surface area contributed by atoms with Crippen LogP contribution < -0.4 is 0 Å². The summed E-state index contributed by atoms with van der Waals surface area (Å²) in [5, 5.41) is 8.11. The van der Waals surface area contributed by atoms with E-state index in [1.54, 1.807) is 4.09 Å². The summed E-state index contributed by atoms with van der Waals surface area (Å²) in [6.07, 6.45) is 4.29. The van der Waals surface area contributed by atoms with E-state index >= 15 is 0 Å². The topological polar surface area (TPSA) is 57.0 Å². The lowest BCUT2D eigenvalue weighted by molar-refractivity contribution is 0.168. The molecule has 1 aromatic heterocycles. The molecule has 1 heterocycles. The Hall–Kier alpha value is -1.82. The number of carbonyl (C=O) groups is 1. The van der Waals surface area contributed by atoms with E-state index in [1.807, 2.05) is 30.3 Å². The third-order valence-electron chi connectivity index (χ3n) is 5.36. The molecule has 0 spiro atoms. The minimum Gasteiger partial charge on any atom is -0.451 e. The van der Waals surface area contributed by atoms with Crippen LogP contribution >= 0.6 is 11.9 Å². The maximum Gasteiger partial charge on any atom is 0.390 e. The Bertz CT molecular complexity index is 731. The van der Waals surface area contributed by atoms with Crippen molar-refractivity contribution in [3.8, 4) is 0 Å². The third-order valence-corrected chi connectivity index (χ3v) is 6.09. The molecule has 1 aromatic carbocycles. The molecule has 2 aliphatic carbocycles. The Morgan fingerprint density at radius 3 is 2.79 bits per heavy atom. The molecule has 4 rings (SSSR count). The van der Waals surface area contributed by atoms with Crippen molar-refractivity contribution in [3.05, 3.63) is 47.3 Å². The van der Waals surface area contributed by atoms with Crippen LogP contribution in [-0.4, -0.2) is 19.7 Å². The summed E-state index contributed by atoms with van der Waals surface area (Å²) < 4.78 is 6.99. The number of hydrogen-bond donors (Lipinski definition) is 0. The van der Waals surface area contributed by atoms with Crippen molar-refractivity contribution >= 4 is 17.2 Å². The van der Waals surface area contributed by atoms with Gasteiger partial charge in [-0.05, 0) is 49.0 Å². The van der Waals surface area contributed by atoms with Crippen LogP contribution in [0.25, 0.3) is 0 Å². The van der Waals surface area contributed by atoms with Crippen LogP contribution in [0.3, 0.4) is 0 Å². The molecule has 1 fully saturated rings. The van der Waals surface area contributed by atoms with Gasteiger partial charge in [0.2, 0.25) is 0 Å². The van der Waals surface area contributed by atoms with Crippen molar-refractivity contribution in [2.75, 3.05) is 0 Å². The molecular weight excluding hydrogens is 322 g/mol. The minimum atomic E-state index is -0.341. The zero-order valence-electron chi connectivity index (χ0n) is 13.7. The first-order valence-corrected chi connectivity index (χ1v) is 9.32. The monoisotopic (exact) mass is 343 g/mol. The number of carbonyl (C=O) groups excluding carboxylic acids is 1. The van der Waals surface area contributed by atoms with Crippen molar-refractivity contribution < 1.29 is 9.53 Å². The first-order chi connectivity index (χ1) is 11.7. The summed E-state index contributed by atoms with van der Waals surface area (Å²) in [6.45, 7) is 2.63. The number of benzene rings is 1. The highest BCUT2D eigenvalue weighted by Crippen LogP contribution is 2.52. The van der Waals surface area contributed by atoms with Gasteiger partial charge in [-0.2, -0.15) is 4.09 Å². The number of hydrogen-bond acceptors (Lipinski definition) is 5. The smallest absolute Gasteiger partial charge is 0.390 e. The van der Waals surface area contributed by atoms with E-state index in [1.165, 1.54) is 12.8 Å². The number of nitrogens with zero attached hydrogens (tertiary/aromatic N) is 3. The molecular formula is C18H21N3O2S. The zero-order chi connectivity index (χ0) is 16.5. The molecule has 6 heteroatoms. The second kappa shape index (κ2) is 6.59. The summed E-state index contributed by atoms with van der Waals surface area (Å²) in [5.41, 5.74) is 3.12. The summed E-state index contributed by atoms with van der Waals surface area (Å²) >= 11 is 0.998. The summed E-state index contributed by atoms with van der Waals surface area (Å²) in [7, 11) is 0. The number of rotatable bonds is 3. The average Bonchev–Trinajstić information content (AvgIpc) is 3.02. The van der Waals surface area contributed by atoms with E-state index in [-0.39, 0.29) is 11.9 Å². The maximum atomic E-state index is 12.1. The molecule has 1 saturated carbocycles. The predicted octanol–water partition coefficient (Wildman–Crippen LogP) is 3.87. The second-order valence-electron chi connectivity index (χ2n) is 6.74.